The maximum absolute atomic E-state index is 10.4. The van der Waals surface area contributed by atoms with Crippen molar-refractivity contribution >= 4 is 17.1 Å². The van der Waals surface area contributed by atoms with E-state index in [1.54, 1.807) is 10.7 Å². The van der Waals surface area contributed by atoms with Gasteiger partial charge in [0, 0.05) is 23.2 Å². The van der Waals surface area contributed by atoms with Crippen molar-refractivity contribution in [2.45, 2.75) is 19.4 Å². The van der Waals surface area contributed by atoms with E-state index in [1.807, 2.05) is 49.5 Å². The van der Waals surface area contributed by atoms with Crippen molar-refractivity contribution in [3.8, 4) is 0 Å². The van der Waals surface area contributed by atoms with Crippen molar-refractivity contribution in [3.63, 3.8) is 0 Å². The molecular weight excluding hydrogens is 272 g/mol. The molecule has 0 radical (unpaired) electrons. The van der Waals surface area contributed by atoms with E-state index in [0.29, 0.717) is 11.4 Å². The van der Waals surface area contributed by atoms with Gasteiger partial charge in [-0.2, -0.15) is 5.10 Å². The lowest BCUT2D eigenvalue weighted by molar-refractivity contribution is 0.180. The Labute approximate surface area is 122 Å². The Kier molecular flexibility index (Phi) is 3.47. The van der Waals surface area contributed by atoms with E-state index in [0.717, 1.165) is 22.2 Å². The third-order valence-corrected chi connectivity index (χ3v) is 3.79. The summed E-state index contributed by atoms with van der Waals surface area (Å²) < 4.78 is 1.76. The highest BCUT2D eigenvalue weighted by atomic mass is 35.5. The highest BCUT2D eigenvalue weighted by molar-refractivity contribution is 6.31. The quantitative estimate of drug-likeness (QED) is 0.799. The second-order valence-corrected chi connectivity index (χ2v) is 5.35. The molecule has 0 spiro atoms. The van der Waals surface area contributed by atoms with Crippen LogP contribution in [0.3, 0.4) is 0 Å². The molecule has 0 saturated carbocycles. The van der Waals surface area contributed by atoms with Gasteiger partial charge in [-0.15, -0.1) is 0 Å². The molecule has 0 aliphatic heterocycles. The van der Waals surface area contributed by atoms with Crippen LogP contribution < -0.4 is 0 Å². The minimum atomic E-state index is -0.616. The molecule has 0 saturated heterocycles. The zero-order valence-electron chi connectivity index (χ0n) is 11.1. The molecule has 0 bridgehead atoms. The van der Waals surface area contributed by atoms with Crippen LogP contribution in [0.1, 0.15) is 22.8 Å². The van der Waals surface area contributed by atoms with Crippen molar-refractivity contribution in [1.29, 1.82) is 0 Å². The molecule has 20 heavy (non-hydrogen) atoms. The molecular formula is C16H15ClN2O. The topological polar surface area (TPSA) is 37.5 Å². The number of nitrogens with zero attached hydrogens (tertiary/aromatic N) is 2. The van der Waals surface area contributed by atoms with Crippen molar-refractivity contribution in [2.24, 2.45) is 0 Å². The minimum absolute atomic E-state index is 0.482. The van der Waals surface area contributed by atoms with E-state index in [-0.39, 0.29) is 0 Å². The number of rotatable bonds is 3. The van der Waals surface area contributed by atoms with Crippen LogP contribution in [0, 0.1) is 6.92 Å². The highest BCUT2D eigenvalue weighted by Crippen LogP contribution is 2.26. The number of hydrogen-bond donors (Lipinski definition) is 1. The summed E-state index contributed by atoms with van der Waals surface area (Å²) in [6, 6.07) is 11.7. The number of aryl methyl sites for hydroxylation is 1. The largest absolute Gasteiger partial charge is 0.388 e. The van der Waals surface area contributed by atoms with Crippen LogP contribution in [0.15, 0.2) is 48.8 Å². The summed E-state index contributed by atoms with van der Waals surface area (Å²) in [6.45, 7) is 2.00. The van der Waals surface area contributed by atoms with Gasteiger partial charge >= 0.3 is 0 Å². The molecule has 0 amide bonds. The number of fused-ring (bicyclic) bond motifs is 1. The van der Waals surface area contributed by atoms with Crippen LogP contribution in [0.4, 0.5) is 0 Å². The van der Waals surface area contributed by atoms with Gasteiger partial charge in [-0.25, -0.2) is 4.52 Å². The molecule has 1 atom stereocenters. The molecule has 1 N–H and O–H groups in total. The number of aliphatic hydroxyl groups excluding tert-OH is 1. The SMILES string of the molecule is Cc1ccc(CC(O)c2cnn3ccccc23)c(Cl)c1. The monoisotopic (exact) mass is 286 g/mol. The van der Waals surface area contributed by atoms with Gasteiger partial charge in [-0.05, 0) is 36.2 Å². The average Bonchev–Trinajstić information content (AvgIpc) is 2.86. The van der Waals surface area contributed by atoms with E-state index in [1.165, 1.54) is 0 Å². The van der Waals surface area contributed by atoms with Gasteiger partial charge in [0.1, 0.15) is 0 Å². The fraction of sp³-hybridized carbons (Fsp3) is 0.188. The Morgan fingerprint density at radius 1 is 1.30 bits per heavy atom. The predicted molar refractivity (Wildman–Crippen MR) is 80.0 cm³/mol. The van der Waals surface area contributed by atoms with Gasteiger partial charge in [0.25, 0.3) is 0 Å². The van der Waals surface area contributed by atoms with Gasteiger partial charge in [0.15, 0.2) is 0 Å². The second-order valence-electron chi connectivity index (χ2n) is 4.95. The third-order valence-electron chi connectivity index (χ3n) is 3.44. The van der Waals surface area contributed by atoms with E-state index < -0.39 is 6.10 Å². The average molecular weight is 287 g/mol. The van der Waals surface area contributed by atoms with Crippen LogP contribution in [0.2, 0.25) is 5.02 Å². The molecule has 3 nitrogen and oxygen atoms in total. The summed E-state index contributed by atoms with van der Waals surface area (Å²) in [4.78, 5) is 0. The molecule has 4 heteroatoms. The standard InChI is InChI=1S/C16H15ClN2O/c1-11-5-6-12(14(17)8-11)9-16(20)13-10-18-19-7-3-2-4-15(13)19/h2-8,10,16,20H,9H2,1H3. The van der Waals surface area contributed by atoms with Gasteiger partial charge in [-0.1, -0.05) is 29.8 Å². The number of hydrogen-bond acceptors (Lipinski definition) is 2. The lowest BCUT2D eigenvalue weighted by Crippen LogP contribution is -2.02. The number of aliphatic hydroxyl groups is 1. The van der Waals surface area contributed by atoms with Crippen molar-refractivity contribution in [2.75, 3.05) is 0 Å². The normalized spacial score (nSPS) is 12.8. The lowest BCUT2D eigenvalue weighted by atomic mass is 10.0. The smallest absolute Gasteiger partial charge is 0.0867 e. The maximum atomic E-state index is 10.4. The molecule has 0 fully saturated rings. The molecule has 102 valence electrons. The first-order valence-electron chi connectivity index (χ1n) is 6.50. The number of halogens is 1. The second kappa shape index (κ2) is 5.27. The summed E-state index contributed by atoms with van der Waals surface area (Å²) in [5.74, 6) is 0. The zero-order valence-corrected chi connectivity index (χ0v) is 11.9. The molecule has 2 heterocycles. The highest BCUT2D eigenvalue weighted by Gasteiger charge is 2.15. The Balaban J connectivity index is 1.91. The molecule has 3 rings (SSSR count). The van der Waals surface area contributed by atoms with Crippen molar-refractivity contribution < 1.29 is 5.11 Å². The molecule has 1 unspecified atom stereocenters. The molecule has 0 aliphatic rings. The van der Waals surface area contributed by atoms with Crippen LogP contribution in [-0.2, 0) is 6.42 Å². The Morgan fingerprint density at radius 2 is 2.15 bits per heavy atom. The summed E-state index contributed by atoms with van der Waals surface area (Å²) in [5.41, 5.74) is 3.80. The predicted octanol–water partition coefficient (Wildman–Crippen LogP) is 3.57. The maximum Gasteiger partial charge on any atom is 0.0867 e. The fourth-order valence-corrected chi connectivity index (χ4v) is 2.66. The lowest BCUT2D eigenvalue weighted by Gasteiger charge is -2.11. The van der Waals surface area contributed by atoms with E-state index in [9.17, 15) is 5.11 Å². The first-order chi connectivity index (χ1) is 9.65. The summed E-state index contributed by atoms with van der Waals surface area (Å²) >= 11 is 6.22. The molecule has 3 aromatic rings. The fourth-order valence-electron chi connectivity index (χ4n) is 2.35. The third kappa shape index (κ3) is 2.42. The molecule has 0 aliphatic carbocycles. The Bertz CT molecular complexity index is 751. The first-order valence-corrected chi connectivity index (χ1v) is 6.88. The van der Waals surface area contributed by atoms with E-state index >= 15 is 0 Å². The van der Waals surface area contributed by atoms with Crippen LogP contribution in [0.25, 0.3) is 5.52 Å². The summed E-state index contributed by atoms with van der Waals surface area (Å²) in [7, 11) is 0. The van der Waals surface area contributed by atoms with Gasteiger partial charge in [0.2, 0.25) is 0 Å². The zero-order chi connectivity index (χ0) is 14.1. The van der Waals surface area contributed by atoms with Gasteiger partial charge < -0.3 is 5.11 Å². The molecule has 2 aromatic heterocycles. The number of pyridine rings is 1. The first kappa shape index (κ1) is 13.2. The van der Waals surface area contributed by atoms with Crippen LogP contribution in [-0.4, -0.2) is 14.7 Å². The van der Waals surface area contributed by atoms with Crippen LogP contribution >= 0.6 is 11.6 Å². The number of aromatic nitrogens is 2. The van der Waals surface area contributed by atoms with E-state index in [4.69, 9.17) is 11.6 Å². The molecule has 1 aromatic carbocycles. The van der Waals surface area contributed by atoms with Crippen molar-refractivity contribution in [3.05, 3.63) is 70.5 Å². The Hall–Kier alpha value is -1.84. The van der Waals surface area contributed by atoms with Crippen LogP contribution in [0.5, 0.6) is 0 Å². The summed E-state index contributed by atoms with van der Waals surface area (Å²) in [6.07, 6.45) is 3.44. The van der Waals surface area contributed by atoms with Gasteiger partial charge in [0.05, 0.1) is 17.8 Å². The minimum Gasteiger partial charge on any atom is -0.388 e. The summed E-state index contributed by atoms with van der Waals surface area (Å²) in [5, 5.41) is 15.4. The van der Waals surface area contributed by atoms with Gasteiger partial charge in [-0.3, -0.25) is 0 Å². The van der Waals surface area contributed by atoms with Crippen molar-refractivity contribution in [1.82, 2.24) is 9.61 Å². The van der Waals surface area contributed by atoms with E-state index in [2.05, 4.69) is 5.10 Å². The Morgan fingerprint density at radius 3 is 2.95 bits per heavy atom. The number of benzene rings is 1.